The van der Waals surface area contributed by atoms with Gasteiger partial charge >= 0.3 is 0 Å². The lowest BCUT2D eigenvalue weighted by Crippen LogP contribution is -2.38. The highest BCUT2D eigenvalue weighted by atomic mass is 16.2. The van der Waals surface area contributed by atoms with Crippen molar-refractivity contribution in [2.75, 3.05) is 13.6 Å². The predicted molar refractivity (Wildman–Crippen MR) is 68.8 cm³/mol. The lowest BCUT2D eigenvalue weighted by Gasteiger charge is -2.19. The van der Waals surface area contributed by atoms with E-state index < -0.39 is 0 Å². The second-order valence-electron chi connectivity index (χ2n) is 4.90. The highest BCUT2D eigenvalue weighted by Gasteiger charge is 2.29. The molecule has 2 atom stereocenters. The van der Waals surface area contributed by atoms with E-state index in [0.717, 1.165) is 13.0 Å². The van der Waals surface area contributed by atoms with E-state index in [1.54, 1.807) is 4.90 Å². The van der Waals surface area contributed by atoms with Crippen LogP contribution in [0.25, 0.3) is 0 Å². The minimum atomic E-state index is -0.0180. The van der Waals surface area contributed by atoms with Gasteiger partial charge in [0.05, 0.1) is 6.04 Å². The van der Waals surface area contributed by atoms with Gasteiger partial charge in [0.25, 0.3) is 0 Å². The third-order valence-electron chi connectivity index (χ3n) is 3.42. The molecule has 0 saturated carbocycles. The molecule has 1 aromatic rings. The summed E-state index contributed by atoms with van der Waals surface area (Å²) in [6.07, 6.45) is 0.908. The Balaban J connectivity index is 2.02. The van der Waals surface area contributed by atoms with Gasteiger partial charge in [0, 0.05) is 19.6 Å². The van der Waals surface area contributed by atoms with Crippen LogP contribution < -0.4 is 5.32 Å². The van der Waals surface area contributed by atoms with Crippen LogP contribution in [0, 0.1) is 6.92 Å². The fourth-order valence-corrected chi connectivity index (χ4v) is 2.31. The normalized spacial score (nSPS) is 21.9. The first-order valence-electron chi connectivity index (χ1n) is 6.15. The van der Waals surface area contributed by atoms with Gasteiger partial charge in [0.15, 0.2) is 0 Å². The molecule has 1 heterocycles. The molecule has 92 valence electrons. The molecule has 1 N–H and O–H groups in total. The minimum absolute atomic E-state index is 0.0180. The Morgan fingerprint density at radius 3 is 2.82 bits per heavy atom. The first-order chi connectivity index (χ1) is 8.08. The number of carbonyl (C=O) groups is 1. The summed E-state index contributed by atoms with van der Waals surface area (Å²) in [6, 6.07) is 8.62. The Labute approximate surface area is 103 Å². The molecule has 2 rings (SSSR count). The molecule has 0 aliphatic carbocycles. The van der Waals surface area contributed by atoms with Crippen molar-refractivity contribution in [3.05, 3.63) is 35.4 Å². The van der Waals surface area contributed by atoms with Crippen molar-refractivity contribution in [2.45, 2.75) is 32.4 Å². The maximum atomic E-state index is 11.8. The molecule has 0 aromatic heterocycles. The van der Waals surface area contributed by atoms with E-state index in [-0.39, 0.29) is 18.0 Å². The van der Waals surface area contributed by atoms with Crippen LogP contribution in [0.1, 0.15) is 30.5 Å². The molecule has 1 saturated heterocycles. The smallest absolute Gasteiger partial charge is 0.239 e. The maximum absolute atomic E-state index is 11.8. The number of hydrogen-bond acceptors (Lipinski definition) is 2. The SMILES string of the molecule is Cc1cccc([C@@H](C)NC2CCN(C)C2=O)c1. The summed E-state index contributed by atoms with van der Waals surface area (Å²) in [5, 5.41) is 3.41. The van der Waals surface area contributed by atoms with Crippen molar-refractivity contribution in [3.63, 3.8) is 0 Å². The Kier molecular flexibility index (Phi) is 3.48. The van der Waals surface area contributed by atoms with E-state index in [0.29, 0.717) is 0 Å². The number of hydrogen-bond donors (Lipinski definition) is 1. The number of carbonyl (C=O) groups excluding carboxylic acids is 1. The van der Waals surface area contributed by atoms with E-state index in [2.05, 4.69) is 43.4 Å². The van der Waals surface area contributed by atoms with Crippen LogP contribution in [0.3, 0.4) is 0 Å². The first-order valence-corrected chi connectivity index (χ1v) is 6.15. The number of benzene rings is 1. The van der Waals surface area contributed by atoms with Gasteiger partial charge in [0.1, 0.15) is 0 Å². The van der Waals surface area contributed by atoms with E-state index in [9.17, 15) is 4.79 Å². The standard InChI is InChI=1S/C14H20N2O/c1-10-5-4-6-12(9-10)11(2)15-13-7-8-16(3)14(13)17/h4-6,9,11,13,15H,7-8H2,1-3H3/t11-,13?/m1/s1. The second kappa shape index (κ2) is 4.88. The monoisotopic (exact) mass is 232 g/mol. The highest BCUT2D eigenvalue weighted by Crippen LogP contribution is 2.17. The quantitative estimate of drug-likeness (QED) is 0.863. The largest absolute Gasteiger partial charge is 0.344 e. The summed E-state index contributed by atoms with van der Waals surface area (Å²) in [5.74, 6) is 0.213. The van der Waals surface area contributed by atoms with Crippen molar-refractivity contribution in [1.82, 2.24) is 10.2 Å². The molecule has 0 bridgehead atoms. The summed E-state index contributed by atoms with van der Waals surface area (Å²) in [6.45, 7) is 5.06. The summed E-state index contributed by atoms with van der Waals surface area (Å²) in [7, 11) is 1.86. The van der Waals surface area contributed by atoms with Gasteiger partial charge in [0.2, 0.25) is 5.91 Å². The summed E-state index contributed by atoms with van der Waals surface area (Å²) < 4.78 is 0. The van der Waals surface area contributed by atoms with Crippen LogP contribution in [0.2, 0.25) is 0 Å². The lowest BCUT2D eigenvalue weighted by molar-refractivity contribution is -0.128. The number of likely N-dealkylation sites (tertiary alicyclic amines) is 1. The number of aryl methyl sites for hydroxylation is 1. The van der Waals surface area contributed by atoms with Gasteiger partial charge in [-0.1, -0.05) is 29.8 Å². The van der Waals surface area contributed by atoms with Crippen LogP contribution in [0.15, 0.2) is 24.3 Å². The van der Waals surface area contributed by atoms with E-state index >= 15 is 0 Å². The van der Waals surface area contributed by atoms with E-state index in [1.165, 1.54) is 11.1 Å². The fraction of sp³-hybridized carbons (Fsp3) is 0.500. The first kappa shape index (κ1) is 12.1. The Morgan fingerprint density at radius 1 is 1.47 bits per heavy atom. The predicted octanol–water partition coefficient (Wildman–Crippen LogP) is 1.88. The molecule has 1 amide bonds. The number of amides is 1. The number of nitrogens with zero attached hydrogens (tertiary/aromatic N) is 1. The molecule has 1 fully saturated rings. The van der Waals surface area contributed by atoms with Gasteiger partial charge in [-0.3, -0.25) is 10.1 Å². The van der Waals surface area contributed by atoms with Crippen LogP contribution >= 0.6 is 0 Å². The average molecular weight is 232 g/mol. The molecule has 0 spiro atoms. The Bertz CT molecular complexity index is 416. The number of rotatable bonds is 3. The number of likely N-dealkylation sites (N-methyl/N-ethyl adjacent to an activating group) is 1. The van der Waals surface area contributed by atoms with Gasteiger partial charge in [-0.05, 0) is 25.8 Å². The van der Waals surface area contributed by atoms with Gasteiger partial charge in [-0.2, -0.15) is 0 Å². The summed E-state index contributed by atoms with van der Waals surface area (Å²) in [5.41, 5.74) is 2.50. The molecule has 0 radical (unpaired) electrons. The third kappa shape index (κ3) is 2.67. The zero-order valence-electron chi connectivity index (χ0n) is 10.7. The van der Waals surface area contributed by atoms with Gasteiger partial charge in [-0.15, -0.1) is 0 Å². The van der Waals surface area contributed by atoms with Crippen molar-refractivity contribution in [3.8, 4) is 0 Å². The van der Waals surface area contributed by atoms with E-state index in [4.69, 9.17) is 0 Å². The zero-order chi connectivity index (χ0) is 12.4. The average Bonchev–Trinajstić information content (AvgIpc) is 2.61. The molecular weight excluding hydrogens is 212 g/mol. The minimum Gasteiger partial charge on any atom is -0.344 e. The number of nitrogens with one attached hydrogen (secondary N) is 1. The topological polar surface area (TPSA) is 32.3 Å². The van der Waals surface area contributed by atoms with Crippen molar-refractivity contribution < 1.29 is 4.79 Å². The molecular formula is C14H20N2O. The van der Waals surface area contributed by atoms with Crippen molar-refractivity contribution >= 4 is 5.91 Å². The molecule has 3 heteroatoms. The molecule has 3 nitrogen and oxygen atoms in total. The zero-order valence-corrected chi connectivity index (χ0v) is 10.7. The molecule has 1 aliphatic rings. The second-order valence-corrected chi connectivity index (χ2v) is 4.90. The fourth-order valence-electron chi connectivity index (χ4n) is 2.31. The van der Waals surface area contributed by atoms with E-state index in [1.807, 2.05) is 7.05 Å². The third-order valence-corrected chi connectivity index (χ3v) is 3.42. The molecule has 1 aliphatic heterocycles. The molecule has 1 aromatic carbocycles. The van der Waals surface area contributed by atoms with Crippen LogP contribution in [-0.4, -0.2) is 30.4 Å². The maximum Gasteiger partial charge on any atom is 0.239 e. The van der Waals surface area contributed by atoms with Crippen LogP contribution in [-0.2, 0) is 4.79 Å². The summed E-state index contributed by atoms with van der Waals surface area (Å²) >= 11 is 0. The van der Waals surface area contributed by atoms with Crippen molar-refractivity contribution in [2.24, 2.45) is 0 Å². The Hall–Kier alpha value is -1.35. The van der Waals surface area contributed by atoms with Gasteiger partial charge < -0.3 is 4.90 Å². The van der Waals surface area contributed by atoms with Crippen molar-refractivity contribution in [1.29, 1.82) is 0 Å². The molecule has 17 heavy (non-hydrogen) atoms. The van der Waals surface area contributed by atoms with Crippen LogP contribution in [0.5, 0.6) is 0 Å². The molecule has 1 unspecified atom stereocenters. The Morgan fingerprint density at radius 2 is 2.24 bits per heavy atom. The highest BCUT2D eigenvalue weighted by molar-refractivity contribution is 5.83. The lowest BCUT2D eigenvalue weighted by atomic mass is 10.0. The van der Waals surface area contributed by atoms with Gasteiger partial charge in [-0.25, -0.2) is 0 Å². The van der Waals surface area contributed by atoms with Crippen LogP contribution in [0.4, 0.5) is 0 Å². The summed E-state index contributed by atoms with van der Waals surface area (Å²) in [4.78, 5) is 13.6.